The minimum atomic E-state index is -0.713. The SMILES string of the molecule is CCOc1ccc(-c2nc(C(N)=O)c3nc(SCC(=O)NC)n(-c4ccccc4)c3n2)cc1. The van der Waals surface area contributed by atoms with E-state index in [-0.39, 0.29) is 22.9 Å². The fourth-order valence-corrected chi connectivity index (χ4v) is 4.10. The van der Waals surface area contributed by atoms with Gasteiger partial charge in [0.25, 0.3) is 5.91 Å². The van der Waals surface area contributed by atoms with E-state index < -0.39 is 5.91 Å². The number of nitrogens with one attached hydrogen (secondary N) is 1. The zero-order valence-corrected chi connectivity index (χ0v) is 18.9. The number of primary amides is 1. The lowest BCUT2D eigenvalue weighted by Gasteiger charge is -2.09. The molecule has 2 aromatic heterocycles. The molecule has 9 nitrogen and oxygen atoms in total. The summed E-state index contributed by atoms with van der Waals surface area (Å²) in [6, 6.07) is 16.7. The summed E-state index contributed by atoms with van der Waals surface area (Å²) in [5.74, 6) is 0.342. The summed E-state index contributed by atoms with van der Waals surface area (Å²) in [5, 5.41) is 3.09. The van der Waals surface area contributed by atoms with Crippen LogP contribution in [-0.2, 0) is 4.79 Å². The number of thioether (sulfide) groups is 1. The van der Waals surface area contributed by atoms with Crippen LogP contribution < -0.4 is 15.8 Å². The minimum absolute atomic E-state index is 0.0142. The van der Waals surface area contributed by atoms with Crippen molar-refractivity contribution in [2.45, 2.75) is 12.1 Å². The third-order valence-corrected chi connectivity index (χ3v) is 5.70. The molecule has 0 spiro atoms. The van der Waals surface area contributed by atoms with Gasteiger partial charge in [0.2, 0.25) is 5.91 Å². The number of ether oxygens (including phenoxy) is 1. The number of carbonyl (C=O) groups is 2. The molecule has 0 bridgehead atoms. The van der Waals surface area contributed by atoms with E-state index in [0.29, 0.717) is 28.8 Å². The van der Waals surface area contributed by atoms with Crippen LogP contribution in [0, 0.1) is 0 Å². The highest BCUT2D eigenvalue weighted by Gasteiger charge is 2.23. The Kier molecular flexibility index (Phi) is 6.55. The number of hydrogen-bond donors (Lipinski definition) is 2. The van der Waals surface area contributed by atoms with Gasteiger partial charge in [-0.25, -0.2) is 15.0 Å². The second kappa shape index (κ2) is 9.70. The number of nitrogens with zero attached hydrogens (tertiary/aromatic N) is 4. The second-order valence-corrected chi connectivity index (χ2v) is 7.86. The Labute approximate surface area is 194 Å². The lowest BCUT2D eigenvalue weighted by Crippen LogP contribution is -2.20. The van der Waals surface area contributed by atoms with Gasteiger partial charge in [-0.1, -0.05) is 30.0 Å². The first kappa shape index (κ1) is 22.3. The Morgan fingerprint density at radius 2 is 1.79 bits per heavy atom. The van der Waals surface area contributed by atoms with Crippen molar-refractivity contribution >= 4 is 34.7 Å². The first-order valence-electron chi connectivity index (χ1n) is 10.2. The summed E-state index contributed by atoms with van der Waals surface area (Å²) < 4.78 is 7.30. The Bertz CT molecular complexity index is 1310. The molecule has 2 aromatic carbocycles. The highest BCUT2D eigenvalue weighted by Crippen LogP contribution is 2.30. The largest absolute Gasteiger partial charge is 0.494 e. The maximum Gasteiger partial charge on any atom is 0.269 e. The summed E-state index contributed by atoms with van der Waals surface area (Å²) in [4.78, 5) is 37.9. The molecular formula is C23H22N6O3S. The second-order valence-electron chi connectivity index (χ2n) is 6.92. The van der Waals surface area contributed by atoms with Crippen LogP contribution in [0.4, 0.5) is 0 Å². The monoisotopic (exact) mass is 462 g/mol. The van der Waals surface area contributed by atoms with Crippen LogP contribution in [0.3, 0.4) is 0 Å². The average molecular weight is 463 g/mol. The number of carbonyl (C=O) groups excluding carboxylic acids is 2. The van der Waals surface area contributed by atoms with Gasteiger partial charge in [0, 0.05) is 18.3 Å². The van der Waals surface area contributed by atoms with E-state index >= 15 is 0 Å². The van der Waals surface area contributed by atoms with Gasteiger partial charge in [-0.05, 0) is 43.3 Å². The van der Waals surface area contributed by atoms with E-state index in [9.17, 15) is 9.59 Å². The number of fused-ring (bicyclic) bond motifs is 1. The van der Waals surface area contributed by atoms with Gasteiger partial charge < -0.3 is 15.8 Å². The quantitative estimate of drug-likeness (QED) is 0.386. The van der Waals surface area contributed by atoms with E-state index in [0.717, 1.165) is 11.4 Å². The summed E-state index contributed by atoms with van der Waals surface area (Å²) >= 11 is 1.23. The minimum Gasteiger partial charge on any atom is -0.494 e. The number of para-hydroxylation sites is 1. The van der Waals surface area contributed by atoms with Crippen molar-refractivity contribution in [1.82, 2.24) is 24.8 Å². The summed E-state index contributed by atoms with van der Waals surface area (Å²) in [6.07, 6.45) is 0. The van der Waals surface area contributed by atoms with E-state index in [1.807, 2.05) is 61.5 Å². The molecule has 2 heterocycles. The molecular weight excluding hydrogens is 440 g/mol. The van der Waals surface area contributed by atoms with Crippen molar-refractivity contribution in [2.24, 2.45) is 5.73 Å². The number of imidazole rings is 1. The standard InChI is InChI=1S/C23H22N6O3S/c1-3-32-16-11-9-14(10-12-16)21-26-18(20(24)31)19-22(28-21)29(15-7-5-4-6-8-15)23(27-19)33-13-17(30)25-2/h4-12H,3,13H2,1-2H3,(H2,24,31)(H,25,30). The number of hydrogen-bond acceptors (Lipinski definition) is 7. The molecule has 33 heavy (non-hydrogen) atoms. The number of amides is 2. The third kappa shape index (κ3) is 4.65. The molecule has 0 aliphatic rings. The van der Waals surface area contributed by atoms with Crippen LogP contribution in [0.25, 0.3) is 28.2 Å². The van der Waals surface area contributed by atoms with Crippen molar-refractivity contribution in [3.8, 4) is 22.8 Å². The van der Waals surface area contributed by atoms with Gasteiger partial charge in [-0.15, -0.1) is 0 Å². The maximum absolute atomic E-state index is 12.3. The molecule has 0 fully saturated rings. The normalized spacial score (nSPS) is 10.8. The van der Waals surface area contributed by atoms with E-state index in [1.54, 1.807) is 11.6 Å². The summed E-state index contributed by atoms with van der Waals surface area (Å²) in [7, 11) is 1.57. The highest BCUT2D eigenvalue weighted by molar-refractivity contribution is 7.99. The van der Waals surface area contributed by atoms with Crippen LogP contribution in [-0.4, -0.2) is 50.7 Å². The Morgan fingerprint density at radius 1 is 1.06 bits per heavy atom. The van der Waals surface area contributed by atoms with E-state index in [2.05, 4.69) is 15.3 Å². The van der Waals surface area contributed by atoms with Crippen LogP contribution >= 0.6 is 11.8 Å². The van der Waals surface area contributed by atoms with E-state index in [1.165, 1.54) is 11.8 Å². The number of nitrogens with two attached hydrogens (primary N) is 1. The number of rotatable bonds is 8. The van der Waals surface area contributed by atoms with Gasteiger partial charge in [-0.3, -0.25) is 14.2 Å². The summed E-state index contributed by atoms with van der Waals surface area (Å²) in [5.41, 5.74) is 7.86. The third-order valence-electron chi connectivity index (χ3n) is 4.76. The number of benzene rings is 2. The van der Waals surface area contributed by atoms with Crippen molar-refractivity contribution in [3.05, 3.63) is 60.3 Å². The van der Waals surface area contributed by atoms with Crippen molar-refractivity contribution in [1.29, 1.82) is 0 Å². The Hall–Kier alpha value is -3.92. The first-order chi connectivity index (χ1) is 16.0. The van der Waals surface area contributed by atoms with Crippen molar-refractivity contribution in [2.75, 3.05) is 19.4 Å². The topological polar surface area (TPSA) is 125 Å². The van der Waals surface area contributed by atoms with Crippen LogP contribution in [0.2, 0.25) is 0 Å². The molecule has 4 rings (SSSR count). The molecule has 0 saturated heterocycles. The molecule has 10 heteroatoms. The predicted molar refractivity (Wildman–Crippen MR) is 127 cm³/mol. The molecule has 168 valence electrons. The molecule has 3 N–H and O–H groups in total. The van der Waals surface area contributed by atoms with Gasteiger partial charge in [0.1, 0.15) is 11.3 Å². The molecule has 0 saturated carbocycles. The Morgan fingerprint density at radius 3 is 2.42 bits per heavy atom. The first-order valence-corrected chi connectivity index (χ1v) is 11.2. The molecule has 4 aromatic rings. The lowest BCUT2D eigenvalue weighted by molar-refractivity contribution is -0.118. The maximum atomic E-state index is 12.3. The summed E-state index contributed by atoms with van der Waals surface area (Å²) in [6.45, 7) is 2.47. The number of aromatic nitrogens is 4. The lowest BCUT2D eigenvalue weighted by atomic mass is 10.2. The van der Waals surface area contributed by atoms with Crippen molar-refractivity contribution < 1.29 is 14.3 Å². The molecule has 0 unspecified atom stereocenters. The zero-order valence-electron chi connectivity index (χ0n) is 18.1. The van der Waals surface area contributed by atoms with Crippen LogP contribution in [0.5, 0.6) is 5.75 Å². The predicted octanol–water partition coefficient (Wildman–Crippen LogP) is 2.82. The Balaban J connectivity index is 1.92. The molecule has 0 atom stereocenters. The van der Waals surface area contributed by atoms with Crippen LogP contribution in [0.1, 0.15) is 17.4 Å². The van der Waals surface area contributed by atoms with E-state index in [4.69, 9.17) is 15.5 Å². The molecule has 0 aliphatic carbocycles. The fraction of sp³-hybridized carbons (Fsp3) is 0.174. The average Bonchev–Trinajstić information content (AvgIpc) is 3.21. The molecule has 0 aliphatic heterocycles. The smallest absolute Gasteiger partial charge is 0.269 e. The van der Waals surface area contributed by atoms with Crippen molar-refractivity contribution in [3.63, 3.8) is 0 Å². The van der Waals surface area contributed by atoms with Crippen LogP contribution in [0.15, 0.2) is 59.8 Å². The molecule has 0 radical (unpaired) electrons. The highest BCUT2D eigenvalue weighted by atomic mass is 32.2. The zero-order chi connectivity index (χ0) is 23.4. The van der Waals surface area contributed by atoms with Gasteiger partial charge >= 0.3 is 0 Å². The van der Waals surface area contributed by atoms with Gasteiger partial charge in [-0.2, -0.15) is 0 Å². The molecule has 2 amide bonds. The van der Waals surface area contributed by atoms with Gasteiger partial charge in [0.15, 0.2) is 22.3 Å². The van der Waals surface area contributed by atoms with Gasteiger partial charge in [0.05, 0.1) is 12.4 Å². The fourth-order valence-electron chi connectivity index (χ4n) is 3.21.